The molecule has 0 saturated carbocycles. The molecule has 0 saturated heterocycles. The summed E-state index contributed by atoms with van der Waals surface area (Å²) in [7, 11) is 0. The van der Waals surface area contributed by atoms with Crippen LogP contribution in [0.25, 0.3) is 11.1 Å². The number of hydrogen-bond acceptors (Lipinski definition) is 2. The van der Waals surface area contributed by atoms with Crippen LogP contribution in [0.2, 0.25) is 5.02 Å². The van der Waals surface area contributed by atoms with Crippen molar-refractivity contribution in [2.24, 2.45) is 0 Å². The highest BCUT2D eigenvalue weighted by Crippen LogP contribution is 2.42. The Kier molecular flexibility index (Phi) is 4.86. The Morgan fingerprint density at radius 2 is 1.82 bits per heavy atom. The van der Waals surface area contributed by atoms with Crippen molar-refractivity contribution >= 4 is 17.6 Å². The summed E-state index contributed by atoms with van der Waals surface area (Å²) < 4.78 is 6.57. The Morgan fingerprint density at radius 1 is 1.07 bits per heavy atom. The smallest absolute Gasteiger partial charge is 0.335 e. The standard InChI is InChI=1S/C24H21ClO3/c1-24(15-19-5-2-3-8-21(19)25)14-13-17-6-4-7-20(22(17)28-24)16-9-11-18(12-10-16)23(26)27/h2-12H,13-15H2,1H3,(H,26,27)/t24-/m1/s1. The monoisotopic (exact) mass is 392 g/mol. The third-order valence-electron chi connectivity index (χ3n) is 5.33. The van der Waals surface area contributed by atoms with Gasteiger partial charge in [0, 0.05) is 17.0 Å². The molecule has 142 valence electrons. The third-order valence-corrected chi connectivity index (χ3v) is 5.70. The first-order valence-electron chi connectivity index (χ1n) is 9.33. The van der Waals surface area contributed by atoms with E-state index in [0.717, 1.165) is 46.7 Å². The van der Waals surface area contributed by atoms with E-state index in [-0.39, 0.29) is 11.2 Å². The normalized spacial score (nSPS) is 18.2. The molecule has 1 aliphatic rings. The summed E-state index contributed by atoms with van der Waals surface area (Å²) in [5, 5.41) is 9.89. The molecule has 3 nitrogen and oxygen atoms in total. The van der Waals surface area contributed by atoms with Crippen LogP contribution in [-0.4, -0.2) is 16.7 Å². The molecule has 1 N–H and O–H groups in total. The predicted octanol–water partition coefficient (Wildman–Crippen LogP) is 6.03. The maximum Gasteiger partial charge on any atom is 0.335 e. The van der Waals surface area contributed by atoms with E-state index in [4.69, 9.17) is 21.4 Å². The number of carboxylic acids is 1. The second-order valence-electron chi connectivity index (χ2n) is 7.50. The van der Waals surface area contributed by atoms with Gasteiger partial charge >= 0.3 is 5.97 Å². The second kappa shape index (κ2) is 7.33. The fourth-order valence-electron chi connectivity index (χ4n) is 3.79. The first-order valence-corrected chi connectivity index (χ1v) is 9.71. The number of fused-ring (bicyclic) bond motifs is 1. The van der Waals surface area contributed by atoms with Crippen molar-refractivity contribution in [3.05, 3.63) is 88.4 Å². The third kappa shape index (κ3) is 3.63. The van der Waals surface area contributed by atoms with Crippen LogP contribution in [0.1, 0.15) is 34.8 Å². The summed E-state index contributed by atoms with van der Waals surface area (Å²) in [6.45, 7) is 2.13. The van der Waals surface area contributed by atoms with Gasteiger partial charge in [-0.3, -0.25) is 0 Å². The number of hydrogen-bond donors (Lipinski definition) is 1. The largest absolute Gasteiger partial charge is 0.486 e. The minimum atomic E-state index is -0.926. The van der Waals surface area contributed by atoms with E-state index in [1.165, 1.54) is 5.56 Å². The predicted molar refractivity (Wildman–Crippen MR) is 111 cm³/mol. The lowest BCUT2D eigenvalue weighted by Crippen LogP contribution is -2.38. The molecule has 0 radical (unpaired) electrons. The van der Waals surface area contributed by atoms with Gasteiger partial charge in [-0.05, 0) is 54.7 Å². The Morgan fingerprint density at radius 3 is 2.54 bits per heavy atom. The topological polar surface area (TPSA) is 46.5 Å². The van der Waals surface area contributed by atoms with E-state index in [2.05, 4.69) is 13.0 Å². The maximum atomic E-state index is 11.1. The van der Waals surface area contributed by atoms with Gasteiger partial charge in [0.05, 0.1) is 5.56 Å². The van der Waals surface area contributed by atoms with Crippen molar-refractivity contribution in [1.82, 2.24) is 0 Å². The van der Waals surface area contributed by atoms with E-state index in [0.29, 0.717) is 0 Å². The Bertz CT molecular complexity index is 1030. The summed E-state index contributed by atoms with van der Waals surface area (Å²) >= 11 is 6.37. The molecule has 1 aliphatic heterocycles. The average molecular weight is 393 g/mol. The fraction of sp³-hybridized carbons (Fsp3) is 0.208. The minimum Gasteiger partial charge on any atom is -0.486 e. The molecule has 3 aromatic rings. The number of carbonyl (C=O) groups is 1. The molecule has 0 unspecified atom stereocenters. The van der Waals surface area contributed by atoms with Gasteiger partial charge in [-0.2, -0.15) is 0 Å². The van der Waals surface area contributed by atoms with Crippen LogP contribution in [0, 0.1) is 0 Å². The van der Waals surface area contributed by atoms with Gasteiger partial charge in [-0.1, -0.05) is 60.1 Å². The first kappa shape index (κ1) is 18.6. The Labute approximate surface area is 169 Å². The van der Waals surface area contributed by atoms with E-state index in [1.54, 1.807) is 12.1 Å². The highest BCUT2D eigenvalue weighted by atomic mass is 35.5. The van der Waals surface area contributed by atoms with Crippen LogP contribution >= 0.6 is 11.6 Å². The van der Waals surface area contributed by atoms with Gasteiger partial charge in [0.25, 0.3) is 0 Å². The molecule has 4 heteroatoms. The Hall–Kier alpha value is -2.78. The highest BCUT2D eigenvalue weighted by molar-refractivity contribution is 6.31. The highest BCUT2D eigenvalue weighted by Gasteiger charge is 2.33. The Balaban J connectivity index is 1.68. The van der Waals surface area contributed by atoms with Crippen LogP contribution in [0.15, 0.2) is 66.7 Å². The molecule has 0 bridgehead atoms. The average Bonchev–Trinajstić information content (AvgIpc) is 2.69. The van der Waals surface area contributed by atoms with Crippen LogP contribution in [0.5, 0.6) is 5.75 Å². The zero-order valence-corrected chi connectivity index (χ0v) is 16.4. The molecule has 1 atom stereocenters. The molecular weight excluding hydrogens is 372 g/mol. The van der Waals surface area contributed by atoms with Gasteiger partial charge in [0.15, 0.2) is 0 Å². The van der Waals surface area contributed by atoms with Gasteiger partial charge in [-0.15, -0.1) is 0 Å². The van der Waals surface area contributed by atoms with Crippen LogP contribution in [0.3, 0.4) is 0 Å². The molecule has 0 aromatic heterocycles. The van der Waals surface area contributed by atoms with Gasteiger partial charge < -0.3 is 9.84 Å². The SMILES string of the molecule is C[C@]1(Cc2ccccc2Cl)CCc2cccc(-c3ccc(C(=O)O)cc3)c2O1. The van der Waals surface area contributed by atoms with Crippen molar-refractivity contribution < 1.29 is 14.6 Å². The van der Waals surface area contributed by atoms with Gasteiger partial charge in [-0.25, -0.2) is 4.79 Å². The molecule has 0 spiro atoms. The number of aryl methyl sites for hydroxylation is 1. The lowest BCUT2D eigenvalue weighted by molar-refractivity contribution is 0.0661. The molecule has 0 fully saturated rings. The maximum absolute atomic E-state index is 11.1. The molecule has 0 amide bonds. The molecule has 3 aromatic carbocycles. The zero-order valence-electron chi connectivity index (χ0n) is 15.6. The molecule has 28 heavy (non-hydrogen) atoms. The number of ether oxygens (including phenoxy) is 1. The number of para-hydroxylation sites is 1. The lowest BCUT2D eigenvalue weighted by atomic mass is 9.86. The van der Waals surface area contributed by atoms with Crippen molar-refractivity contribution in [3.63, 3.8) is 0 Å². The van der Waals surface area contributed by atoms with E-state index < -0.39 is 5.97 Å². The molecule has 0 aliphatic carbocycles. The molecule has 1 heterocycles. The summed E-state index contributed by atoms with van der Waals surface area (Å²) in [5.74, 6) is -0.0448. The van der Waals surface area contributed by atoms with E-state index in [1.807, 2.05) is 48.5 Å². The van der Waals surface area contributed by atoms with Gasteiger partial charge in [0.2, 0.25) is 0 Å². The van der Waals surface area contributed by atoms with Gasteiger partial charge in [0.1, 0.15) is 11.4 Å². The van der Waals surface area contributed by atoms with Crippen molar-refractivity contribution in [2.75, 3.05) is 0 Å². The summed E-state index contributed by atoms with van der Waals surface area (Å²) in [6, 6.07) is 21.0. The van der Waals surface area contributed by atoms with Crippen molar-refractivity contribution in [3.8, 4) is 16.9 Å². The fourth-order valence-corrected chi connectivity index (χ4v) is 3.99. The molecule has 4 rings (SSSR count). The number of carboxylic acid groups (broad SMARTS) is 1. The number of aromatic carboxylic acids is 1. The first-order chi connectivity index (χ1) is 13.5. The number of rotatable bonds is 4. The van der Waals surface area contributed by atoms with Crippen molar-refractivity contribution in [2.45, 2.75) is 31.8 Å². The zero-order chi connectivity index (χ0) is 19.7. The summed E-state index contributed by atoms with van der Waals surface area (Å²) in [4.78, 5) is 11.1. The van der Waals surface area contributed by atoms with Crippen LogP contribution in [-0.2, 0) is 12.8 Å². The van der Waals surface area contributed by atoms with E-state index in [9.17, 15) is 4.79 Å². The molecular formula is C24H21ClO3. The number of benzene rings is 3. The van der Waals surface area contributed by atoms with Crippen molar-refractivity contribution in [1.29, 1.82) is 0 Å². The minimum absolute atomic E-state index is 0.276. The lowest BCUT2D eigenvalue weighted by Gasteiger charge is -2.37. The summed E-state index contributed by atoms with van der Waals surface area (Å²) in [5.41, 5.74) is 4.12. The quantitative estimate of drug-likeness (QED) is 0.589. The van der Waals surface area contributed by atoms with Crippen LogP contribution in [0.4, 0.5) is 0 Å². The second-order valence-corrected chi connectivity index (χ2v) is 7.90. The van der Waals surface area contributed by atoms with Crippen LogP contribution < -0.4 is 4.74 Å². The van der Waals surface area contributed by atoms with E-state index >= 15 is 0 Å². The number of halogens is 1. The summed E-state index contributed by atoms with van der Waals surface area (Å²) in [6.07, 6.45) is 2.57.